The van der Waals surface area contributed by atoms with Crippen molar-refractivity contribution in [2.75, 3.05) is 0 Å². The zero-order valence-electron chi connectivity index (χ0n) is 7.92. The summed E-state index contributed by atoms with van der Waals surface area (Å²) in [5.74, 6) is 0. The molecule has 72 valence electrons. The van der Waals surface area contributed by atoms with Crippen LogP contribution >= 0.6 is 15.9 Å². The molecule has 14 heavy (non-hydrogen) atoms. The summed E-state index contributed by atoms with van der Waals surface area (Å²) in [4.78, 5) is 4.32. The van der Waals surface area contributed by atoms with Gasteiger partial charge in [0.15, 0.2) is 0 Å². The van der Waals surface area contributed by atoms with E-state index in [1.54, 1.807) is 0 Å². The van der Waals surface area contributed by atoms with Gasteiger partial charge in [-0.15, -0.1) is 0 Å². The van der Waals surface area contributed by atoms with E-state index in [2.05, 4.69) is 33.9 Å². The average Bonchev–Trinajstić information content (AvgIpc) is 2.18. The second-order valence-electron chi connectivity index (χ2n) is 3.25. The minimum absolute atomic E-state index is 0.479. The van der Waals surface area contributed by atoms with Crippen LogP contribution in [0, 0.1) is 6.92 Å². The van der Waals surface area contributed by atoms with Crippen molar-refractivity contribution in [2.45, 2.75) is 13.5 Å². The molecule has 0 bridgehead atoms. The minimum atomic E-state index is 0.479. The summed E-state index contributed by atoms with van der Waals surface area (Å²) in [5, 5.41) is 2.35. The Morgan fingerprint density at radius 3 is 2.93 bits per heavy atom. The van der Waals surface area contributed by atoms with Crippen LogP contribution in [-0.2, 0) is 6.54 Å². The van der Waals surface area contributed by atoms with Gasteiger partial charge >= 0.3 is 0 Å². The van der Waals surface area contributed by atoms with Crippen molar-refractivity contribution >= 4 is 26.7 Å². The predicted molar refractivity (Wildman–Crippen MR) is 62.1 cm³/mol. The third-order valence-corrected chi connectivity index (χ3v) is 2.99. The molecule has 0 unspecified atom stereocenters. The van der Waals surface area contributed by atoms with Crippen molar-refractivity contribution in [3.05, 3.63) is 40.1 Å². The summed E-state index contributed by atoms with van der Waals surface area (Å²) >= 11 is 3.54. The number of aryl methyl sites for hydroxylation is 1. The maximum Gasteiger partial charge on any atom is 0.0618 e. The Bertz CT molecular complexity index is 472. The van der Waals surface area contributed by atoms with Crippen LogP contribution in [0.1, 0.15) is 11.3 Å². The van der Waals surface area contributed by atoms with Crippen LogP contribution in [0.3, 0.4) is 0 Å². The largest absolute Gasteiger partial charge is 0.325 e. The molecular weight excluding hydrogens is 240 g/mol. The van der Waals surface area contributed by atoms with Crippen LogP contribution < -0.4 is 5.73 Å². The highest BCUT2D eigenvalue weighted by Crippen LogP contribution is 2.27. The first-order valence-electron chi connectivity index (χ1n) is 4.47. The highest BCUT2D eigenvalue weighted by molar-refractivity contribution is 9.10. The number of fused-ring (bicyclic) bond motifs is 1. The van der Waals surface area contributed by atoms with E-state index in [0.717, 1.165) is 15.6 Å². The lowest BCUT2D eigenvalue weighted by Gasteiger charge is -2.07. The van der Waals surface area contributed by atoms with Crippen molar-refractivity contribution in [1.29, 1.82) is 0 Å². The third kappa shape index (κ3) is 1.42. The summed E-state index contributed by atoms with van der Waals surface area (Å²) in [6, 6.07) is 6.10. The number of aromatic nitrogens is 1. The molecule has 3 heteroatoms. The fourth-order valence-corrected chi connectivity index (χ4v) is 2.32. The van der Waals surface area contributed by atoms with Gasteiger partial charge in [0.25, 0.3) is 0 Å². The van der Waals surface area contributed by atoms with Gasteiger partial charge in [-0.2, -0.15) is 0 Å². The van der Waals surface area contributed by atoms with Gasteiger partial charge < -0.3 is 5.73 Å². The normalized spacial score (nSPS) is 10.8. The number of benzene rings is 1. The third-order valence-electron chi connectivity index (χ3n) is 2.33. The van der Waals surface area contributed by atoms with E-state index in [1.807, 2.05) is 18.3 Å². The smallest absolute Gasteiger partial charge is 0.0618 e. The second-order valence-corrected chi connectivity index (χ2v) is 4.11. The summed E-state index contributed by atoms with van der Waals surface area (Å²) in [6.45, 7) is 2.54. The Morgan fingerprint density at radius 2 is 2.21 bits per heavy atom. The fraction of sp³-hybridized carbons (Fsp3) is 0.182. The number of halogens is 1. The van der Waals surface area contributed by atoms with Crippen LogP contribution in [0.15, 0.2) is 28.9 Å². The molecule has 0 saturated carbocycles. The van der Waals surface area contributed by atoms with Crippen LogP contribution in [-0.4, -0.2) is 4.98 Å². The van der Waals surface area contributed by atoms with Gasteiger partial charge in [0.05, 0.1) is 5.69 Å². The molecule has 0 radical (unpaired) electrons. The van der Waals surface area contributed by atoms with Crippen molar-refractivity contribution < 1.29 is 0 Å². The molecule has 2 rings (SSSR count). The molecule has 2 N–H and O–H groups in total. The van der Waals surface area contributed by atoms with Gasteiger partial charge in [-0.3, -0.25) is 4.98 Å². The predicted octanol–water partition coefficient (Wildman–Crippen LogP) is 2.76. The molecule has 0 aliphatic rings. The lowest BCUT2D eigenvalue weighted by Crippen LogP contribution is -2.01. The maximum absolute atomic E-state index is 5.64. The van der Waals surface area contributed by atoms with Gasteiger partial charge in [0, 0.05) is 28.0 Å². The topological polar surface area (TPSA) is 38.9 Å². The monoisotopic (exact) mass is 250 g/mol. The maximum atomic E-state index is 5.64. The molecule has 0 aliphatic heterocycles. The highest BCUT2D eigenvalue weighted by Gasteiger charge is 2.05. The number of nitrogens with two attached hydrogens (primary N) is 1. The molecule has 1 aromatic carbocycles. The standard InChI is InChI=1S/C11H11BrN2/c1-7-6-14-10(5-13)8-3-2-4-9(12)11(7)8/h2-4,6H,5,13H2,1H3. The van der Waals surface area contributed by atoms with E-state index in [-0.39, 0.29) is 0 Å². The first kappa shape index (κ1) is 9.62. The Kier molecular flexibility index (Phi) is 2.52. The minimum Gasteiger partial charge on any atom is -0.325 e. The lowest BCUT2D eigenvalue weighted by molar-refractivity contribution is 1.00. The summed E-state index contributed by atoms with van der Waals surface area (Å²) in [6.07, 6.45) is 1.87. The Hall–Kier alpha value is -0.930. The van der Waals surface area contributed by atoms with Gasteiger partial charge in [0.2, 0.25) is 0 Å². The van der Waals surface area contributed by atoms with Crippen molar-refractivity contribution in [3.63, 3.8) is 0 Å². The number of hydrogen-bond donors (Lipinski definition) is 1. The number of pyridine rings is 1. The van der Waals surface area contributed by atoms with E-state index >= 15 is 0 Å². The molecule has 0 atom stereocenters. The summed E-state index contributed by atoms with van der Waals surface area (Å²) in [5.41, 5.74) is 7.76. The van der Waals surface area contributed by atoms with Crippen LogP contribution in [0.5, 0.6) is 0 Å². The van der Waals surface area contributed by atoms with Crippen molar-refractivity contribution in [1.82, 2.24) is 4.98 Å². The first-order valence-corrected chi connectivity index (χ1v) is 5.26. The summed E-state index contributed by atoms with van der Waals surface area (Å²) in [7, 11) is 0. The molecule has 0 saturated heterocycles. The molecule has 0 aliphatic carbocycles. The summed E-state index contributed by atoms with van der Waals surface area (Å²) < 4.78 is 1.10. The van der Waals surface area contributed by atoms with Gasteiger partial charge in [0.1, 0.15) is 0 Å². The van der Waals surface area contributed by atoms with Crippen LogP contribution in [0.2, 0.25) is 0 Å². The van der Waals surface area contributed by atoms with E-state index in [0.29, 0.717) is 6.54 Å². The average molecular weight is 251 g/mol. The number of nitrogens with zero attached hydrogens (tertiary/aromatic N) is 1. The molecule has 2 aromatic rings. The Morgan fingerprint density at radius 1 is 1.43 bits per heavy atom. The molecular formula is C11H11BrN2. The van der Waals surface area contributed by atoms with E-state index < -0.39 is 0 Å². The molecule has 0 amide bonds. The van der Waals surface area contributed by atoms with Gasteiger partial charge in [-0.05, 0) is 18.6 Å². The Balaban J connectivity index is 2.91. The number of rotatable bonds is 1. The second kappa shape index (κ2) is 3.67. The zero-order chi connectivity index (χ0) is 10.1. The van der Waals surface area contributed by atoms with Gasteiger partial charge in [-0.25, -0.2) is 0 Å². The number of hydrogen-bond acceptors (Lipinski definition) is 2. The molecule has 0 spiro atoms. The fourth-order valence-electron chi connectivity index (χ4n) is 1.64. The van der Waals surface area contributed by atoms with Gasteiger partial charge in [-0.1, -0.05) is 28.1 Å². The SMILES string of the molecule is Cc1cnc(CN)c2cccc(Br)c12. The quantitative estimate of drug-likeness (QED) is 0.846. The Labute approximate surface area is 91.3 Å². The van der Waals surface area contributed by atoms with Crippen molar-refractivity contribution in [3.8, 4) is 0 Å². The van der Waals surface area contributed by atoms with Crippen molar-refractivity contribution in [2.24, 2.45) is 5.73 Å². The lowest BCUT2D eigenvalue weighted by atomic mass is 10.1. The van der Waals surface area contributed by atoms with Crippen LogP contribution in [0.4, 0.5) is 0 Å². The molecule has 0 fully saturated rings. The van der Waals surface area contributed by atoms with E-state index in [4.69, 9.17) is 5.73 Å². The van der Waals surface area contributed by atoms with E-state index in [9.17, 15) is 0 Å². The molecule has 2 nitrogen and oxygen atoms in total. The van der Waals surface area contributed by atoms with E-state index in [1.165, 1.54) is 10.9 Å². The van der Waals surface area contributed by atoms with Crippen LogP contribution in [0.25, 0.3) is 10.8 Å². The molecule has 1 aromatic heterocycles. The first-order chi connectivity index (χ1) is 6.74. The highest BCUT2D eigenvalue weighted by atomic mass is 79.9. The molecule has 1 heterocycles. The zero-order valence-corrected chi connectivity index (χ0v) is 9.51.